The van der Waals surface area contributed by atoms with Crippen LogP contribution in [-0.2, 0) is 28.6 Å². The summed E-state index contributed by atoms with van der Waals surface area (Å²) in [5.74, 6) is -0.408. The molecular formula is C69H135NO6. The summed E-state index contributed by atoms with van der Waals surface area (Å²) >= 11 is 0. The van der Waals surface area contributed by atoms with Gasteiger partial charge in [-0.2, -0.15) is 0 Å². The third-order valence-electron chi connectivity index (χ3n) is 16.2. The molecule has 0 atom stereocenters. The quantitative estimate of drug-likeness (QED) is 0.0341. The highest BCUT2D eigenvalue weighted by Crippen LogP contribution is 2.18. The van der Waals surface area contributed by atoms with Crippen LogP contribution in [0.25, 0.3) is 0 Å². The number of hydrogen-bond acceptors (Lipinski definition) is 7. The summed E-state index contributed by atoms with van der Waals surface area (Å²) in [4.78, 5) is 40.0. The van der Waals surface area contributed by atoms with E-state index in [-0.39, 0.29) is 17.9 Å². The number of rotatable bonds is 66. The van der Waals surface area contributed by atoms with Crippen LogP contribution in [0.5, 0.6) is 0 Å². The Bertz CT molecular complexity index is 1010. The SMILES string of the molecule is CCCCCCCCCCCCCCCCCCCCC(=O)OCCN(CCOC(=O)CCCCCCCCCCCCCCCCCCCC)CCOC(=O)CCCCCCCCCCCCCCCCCCCC. The van der Waals surface area contributed by atoms with E-state index in [2.05, 4.69) is 25.7 Å². The molecule has 0 aromatic carbocycles. The van der Waals surface area contributed by atoms with Crippen molar-refractivity contribution in [2.75, 3.05) is 39.5 Å². The van der Waals surface area contributed by atoms with Gasteiger partial charge in [0.15, 0.2) is 0 Å². The molecule has 0 N–H and O–H groups in total. The molecule has 0 aliphatic rings. The van der Waals surface area contributed by atoms with Gasteiger partial charge in [0.2, 0.25) is 0 Å². The summed E-state index contributed by atoms with van der Waals surface area (Å²) < 4.78 is 17.0. The minimum Gasteiger partial charge on any atom is -0.464 e. The second-order valence-electron chi connectivity index (χ2n) is 23.8. The predicted octanol–water partition coefficient (Wildman–Crippen LogP) is 22.2. The standard InChI is InChI=1S/C69H135NO6/c1-4-7-10-13-16-19-22-25-28-31-34-37-40-43-46-49-52-55-58-67(71)74-64-61-70(62-65-75-68(72)59-56-53-50-47-44-41-38-35-32-29-26-23-20-17-14-11-8-5-2)63-66-76-69(73)60-57-54-51-48-45-42-39-36-33-30-27-24-21-18-15-12-9-6-3/h4-66H2,1-3H3. The molecule has 0 saturated carbocycles. The maximum atomic E-state index is 12.6. The molecule has 0 unspecified atom stereocenters. The maximum Gasteiger partial charge on any atom is 0.305 e. The van der Waals surface area contributed by atoms with Crippen LogP contribution in [-0.4, -0.2) is 62.3 Å². The molecule has 0 amide bonds. The van der Waals surface area contributed by atoms with E-state index < -0.39 is 0 Å². The van der Waals surface area contributed by atoms with Crippen molar-refractivity contribution < 1.29 is 28.6 Å². The maximum absolute atomic E-state index is 12.6. The number of carbonyl (C=O) groups excluding carboxylic acids is 3. The van der Waals surface area contributed by atoms with Gasteiger partial charge in [-0.1, -0.05) is 348 Å². The monoisotopic (exact) mass is 1070 g/mol. The van der Waals surface area contributed by atoms with Gasteiger partial charge in [-0.3, -0.25) is 19.3 Å². The van der Waals surface area contributed by atoms with Gasteiger partial charge in [-0.15, -0.1) is 0 Å². The van der Waals surface area contributed by atoms with Crippen LogP contribution in [0.4, 0.5) is 0 Å². The number of hydrogen-bond donors (Lipinski definition) is 0. The Morgan fingerprint density at radius 1 is 0.211 bits per heavy atom. The fourth-order valence-electron chi connectivity index (χ4n) is 10.9. The van der Waals surface area contributed by atoms with Gasteiger partial charge >= 0.3 is 17.9 Å². The molecule has 7 nitrogen and oxygen atoms in total. The lowest BCUT2D eigenvalue weighted by atomic mass is 10.0. The van der Waals surface area contributed by atoms with Gasteiger partial charge in [-0.05, 0) is 19.3 Å². The molecule has 7 heteroatoms. The minimum absolute atomic E-state index is 0.136. The lowest BCUT2D eigenvalue weighted by Crippen LogP contribution is -2.35. The van der Waals surface area contributed by atoms with Crippen LogP contribution < -0.4 is 0 Å². The zero-order valence-electron chi connectivity index (χ0n) is 51.9. The van der Waals surface area contributed by atoms with Crippen molar-refractivity contribution in [1.82, 2.24) is 4.90 Å². The molecule has 76 heavy (non-hydrogen) atoms. The first-order valence-corrected chi connectivity index (χ1v) is 34.7. The summed E-state index contributed by atoms with van der Waals surface area (Å²) in [5, 5.41) is 0. The number of esters is 3. The number of unbranched alkanes of at least 4 members (excludes halogenated alkanes) is 51. The lowest BCUT2D eigenvalue weighted by Gasteiger charge is -2.22. The van der Waals surface area contributed by atoms with Crippen molar-refractivity contribution in [2.24, 2.45) is 0 Å². The molecule has 0 saturated heterocycles. The van der Waals surface area contributed by atoms with Crippen molar-refractivity contribution in [1.29, 1.82) is 0 Å². The Morgan fingerprint density at radius 2 is 0.342 bits per heavy atom. The number of nitrogens with zero attached hydrogens (tertiary/aromatic N) is 1. The average molecular weight is 1070 g/mol. The van der Waals surface area contributed by atoms with Crippen molar-refractivity contribution in [3.8, 4) is 0 Å². The van der Waals surface area contributed by atoms with Crippen LogP contribution in [0.1, 0.15) is 387 Å². The zero-order valence-corrected chi connectivity index (χ0v) is 51.9. The molecule has 0 rings (SSSR count). The van der Waals surface area contributed by atoms with Crippen LogP contribution in [0.3, 0.4) is 0 Å². The highest BCUT2D eigenvalue weighted by atomic mass is 16.5. The van der Waals surface area contributed by atoms with E-state index >= 15 is 0 Å². The summed E-state index contributed by atoms with van der Waals surface area (Å²) in [6.07, 6.45) is 73.2. The summed E-state index contributed by atoms with van der Waals surface area (Å²) in [6.45, 7) is 9.32. The van der Waals surface area contributed by atoms with Gasteiger partial charge in [0, 0.05) is 38.9 Å². The highest BCUT2D eigenvalue weighted by molar-refractivity contribution is 5.70. The van der Waals surface area contributed by atoms with Gasteiger partial charge in [0.25, 0.3) is 0 Å². The molecule has 0 heterocycles. The van der Waals surface area contributed by atoms with E-state index in [9.17, 15) is 14.4 Å². The van der Waals surface area contributed by atoms with E-state index in [1.807, 2.05) is 0 Å². The Balaban J connectivity index is 4.25. The molecule has 0 fully saturated rings. The zero-order chi connectivity index (χ0) is 55.0. The Labute approximate surface area is 475 Å². The average Bonchev–Trinajstić information content (AvgIpc) is 3.41. The summed E-state index contributed by atoms with van der Waals surface area (Å²) in [7, 11) is 0. The second-order valence-corrected chi connectivity index (χ2v) is 23.8. The first-order valence-electron chi connectivity index (χ1n) is 34.7. The number of ether oxygens (including phenoxy) is 3. The number of carbonyl (C=O) groups is 3. The Morgan fingerprint density at radius 3 is 0.487 bits per heavy atom. The van der Waals surface area contributed by atoms with E-state index in [1.54, 1.807) is 0 Å². The van der Waals surface area contributed by atoms with Crippen molar-refractivity contribution in [3.63, 3.8) is 0 Å². The molecule has 0 spiro atoms. The largest absolute Gasteiger partial charge is 0.464 e. The molecule has 0 aromatic heterocycles. The first kappa shape index (κ1) is 74.4. The third kappa shape index (κ3) is 63.2. The normalized spacial score (nSPS) is 11.5. The van der Waals surface area contributed by atoms with Crippen molar-refractivity contribution in [2.45, 2.75) is 387 Å². The Hall–Kier alpha value is -1.63. The van der Waals surface area contributed by atoms with Gasteiger partial charge < -0.3 is 14.2 Å². The van der Waals surface area contributed by atoms with E-state index in [0.29, 0.717) is 58.7 Å². The summed E-state index contributed by atoms with van der Waals surface area (Å²) in [5.41, 5.74) is 0. The molecule has 0 aromatic rings. The van der Waals surface area contributed by atoms with Crippen LogP contribution in [0, 0.1) is 0 Å². The van der Waals surface area contributed by atoms with Crippen LogP contribution >= 0.6 is 0 Å². The lowest BCUT2D eigenvalue weighted by molar-refractivity contribution is -0.144. The molecular weight excluding hydrogens is 939 g/mol. The van der Waals surface area contributed by atoms with E-state index in [1.165, 1.54) is 308 Å². The second kappa shape index (κ2) is 65.9. The van der Waals surface area contributed by atoms with Gasteiger partial charge in [-0.25, -0.2) is 0 Å². The molecule has 452 valence electrons. The van der Waals surface area contributed by atoms with E-state index in [0.717, 1.165) is 38.5 Å². The Kier molecular flexibility index (Phi) is 64.5. The topological polar surface area (TPSA) is 82.1 Å². The van der Waals surface area contributed by atoms with Crippen LogP contribution in [0.15, 0.2) is 0 Å². The molecule has 0 bridgehead atoms. The smallest absolute Gasteiger partial charge is 0.305 e. The van der Waals surface area contributed by atoms with E-state index in [4.69, 9.17) is 14.2 Å². The van der Waals surface area contributed by atoms with Crippen molar-refractivity contribution >= 4 is 17.9 Å². The molecule has 0 aliphatic carbocycles. The predicted molar refractivity (Wildman–Crippen MR) is 330 cm³/mol. The van der Waals surface area contributed by atoms with Crippen LogP contribution in [0.2, 0.25) is 0 Å². The van der Waals surface area contributed by atoms with Gasteiger partial charge in [0.05, 0.1) is 0 Å². The first-order chi connectivity index (χ1) is 37.5. The fourth-order valence-corrected chi connectivity index (χ4v) is 10.9. The summed E-state index contributed by atoms with van der Waals surface area (Å²) in [6, 6.07) is 0. The third-order valence-corrected chi connectivity index (χ3v) is 16.2. The molecule has 0 aliphatic heterocycles. The minimum atomic E-state index is -0.136. The van der Waals surface area contributed by atoms with Crippen molar-refractivity contribution in [3.05, 3.63) is 0 Å². The van der Waals surface area contributed by atoms with Gasteiger partial charge in [0.1, 0.15) is 19.8 Å². The fraction of sp³-hybridized carbons (Fsp3) is 0.957. The molecule has 0 radical (unpaired) electrons. The highest BCUT2D eigenvalue weighted by Gasteiger charge is 2.12.